The van der Waals surface area contributed by atoms with Gasteiger partial charge in [0.15, 0.2) is 0 Å². The molecular weight excluding hydrogens is 290 g/mol. The largest absolute Gasteiger partial charge is 0.351 e. The lowest BCUT2D eigenvalue weighted by Crippen LogP contribution is -2.39. The highest BCUT2D eigenvalue weighted by Gasteiger charge is 2.56. The average Bonchev–Trinajstić information content (AvgIpc) is 3.38. The Morgan fingerprint density at radius 3 is 2.48 bits per heavy atom. The van der Waals surface area contributed by atoms with Crippen molar-refractivity contribution in [2.24, 2.45) is 5.41 Å². The molecule has 1 aromatic carbocycles. The minimum Gasteiger partial charge on any atom is -0.351 e. The molecule has 2 N–H and O–H groups in total. The lowest BCUT2D eigenvalue weighted by atomic mass is 10.0. The first kappa shape index (κ1) is 15.2. The number of aryl methyl sites for hydroxylation is 1. The molecule has 1 fully saturated rings. The number of carbonyl (C=O) groups excluding carboxylic acids is 2. The highest BCUT2D eigenvalue weighted by atomic mass is 16.2. The molecule has 0 atom stereocenters. The topological polar surface area (TPSA) is 71.1 Å². The molecule has 1 heterocycles. The lowest BCUT2D eigenvalue weighted by Gasteiger charge is -2.15. The van der Waals surface area contributed by atoms with Gasteiger partial charge < -0.3 is 10.6 Å². The number of amides is 2. The van der Waals surface area contributed by atoms with Crippen LogP contribution in [0.5, 0.6) is 0 Å². The van der Waals surface area contributed by atoms with Crippen LogP contribution in [0.2, 0.25) is 0 Å². The number of nitrogens with one attached hydrogen (secondary N) is 2. The molecule has 0 radical (unpaired) electrons. The summed E-state index contributed by atoms with van der Waals surface area (Å²) in [5, 5.41) is 5.68. The Bertz CT molecular complexity index is 707. The molecule has 2 amide bonds. The van der Waals surface area contributed by atoms with Gasteiger partial charge >= 0.3 is 0 Å². The smallest absolute Gasteiger partial charge is 0.240 e. The van der Waals surface area contributed by atoms with Crippen molar-refractivity contribution in [2.45, 2.75) is 26.3 Å². The van der Waals surface area contributed by atoms with Crippen molar-refractivity contribution in [1.29, 1.82) is 0 Å². The molecule has 0 bridgehead atoms. The van der Waals surface area contributed by atoms with Gasteiger partial charge in [-0.05, 0) is 43.5 Å². The first-order valence-electron chi connectivity index (χ1n) is 7.65. The van der Waals surface area contributed by atoms with Crippen molar-refractivity contribution in [2.75, 3.05) is 5.32 Å². The highest BCUT2D eigenvalue weighted by Crippen LogP contribution is 2.46. The van der Waals surface area contributed by atoms with Gasteiger partial charge in [-0.2, -0.15) is 0 Å². The summed E-state index contributed by atoms with van der Waals surface area (Å²) in [6, 6.07) is 11.3. The van der Waals surface area contributed by atoms with Gasteiger partial charge in [0.05, 0.1) is 0 Å². The zero-order valence-electron chi connectivity index (χ0n) is 13.0. The molecule has 0 saturated heterocycles. The molecule has 5 heteroatoms. The second kappa shape index (κ2) is 6.20. The number of aromatic nitrogens is 1. The van der Waals surface area contributed by atoms with Crippen molar-refractivity contribution in [1.82, 2.24) is 10.3 Å². The summed E-state index contributed by atoms with van der Waals surface area (Å²) >= 11 is 0. The molecule has 1 aliphatic rings. The van der Waals surface area contributed by atoms with E-state index in [2.05, 4.69) is 15.6 Å². The minimum absolute atomic E-state index is 0.217. The van der Waals surface area contributed by atoms with Crippen LogP contribution in [0.1, 0.15) is 24.0 Å². The summed E-state index contributed by atoms with van der Waals surface area (Å²) in [5.41, 5.74) is 1.83. The zero-order valence-corrected chi connectivity index (χ0v) is 13.0. The molecule has 0 aliphatic heterocycles. The summed E-state index contributed by atoms with van der Waals surface area (Å²) in [6.07, 6.45) is 4.56. The molecule has 5 nitrogen and oxygen atoms in total. The van der Waals surface area contributed by atoms with Crippen LogP contribution < -0.4 is 10.6 Å². The number of hydrogen-bond donors (Lipinski definition) is 2. The molecule has 0 spiro atoms. The van der Waals surface area contributed by atoms with Crippen LogP contribution in [0.4, 0.5) is 5.69 Å². The molecule has 2 aromatic rings. The van der Waals surface area contributed by atoms with Gasteiger partial charge in [-0.1, -0.05) is 23.8 Å². The second-order valence-electron chi connectivity index (χ2n) is 5.95. The van der Waals surface area contributed by atoms with Crippen LogP contribution in [0.25, 0.3) is 0 Å². The molecular formula is C18H19N3O2. The third kappa shape index (κ3) is 3.39. The fraction of sp³-hybridized carbons (Fsp3) is 0.278. The first-order chi connectivity index (χ1) is 11.1. The average molecular weight is 309 g/mol. The third-order valence-electron chi connectivity index (χ3n) is 4.10. The van der Waals surface area contributed by atoms with Crippen molar-refractivity contribution in [3.05, 3.63) is 59.9 Å². The third-order valence-corrected chi connectivity index (χ3v) is 4.10. The Morgan fingerprint density at radius 2 is 1.87 bits per heavy atom. The maximum absolute atomic E-state index is 12.5. The van der Waals surface area contributed by atoms with Gasteiger partial charge in [0.1, 0.15) is 5.41 Å². The number of anilines is 1. The number of nitrogens with zero attached hydrogens (tertiary/aromatic N) is 1. The summed E-state index contributed by atoms with van der Waals surface area (Å²) < 4.78 is 0. The molecule has 1 saturated carbocycles. The highest BCUT2D eigenvalue weighted by molar-refractivity contribution is 6.13. The second-order valence-corrected chi connectivity index (χ2v) is 5.95. The van der Waals surface area contributed by atoms with E-state index in [0.29, 0.717) is 25.1 Å². The Hall–Kier alpha value is -2.69. The monoisotopic (exact) mass is 309 g/mol. The molecule has 1 aliphatic carbocycles. The predicted octanol–water partition coefficient (Wildman–Crippen LogP) is 2.43. The summed E-state index contributed by atoms with van der Waals surface area (Å²) in [5.74, 6) is -0.448. The summed E-state index contributed by atoms with van der Waals surface area (Å²) in [7, 11) is 0. The van der Waals surface area contributed by atoms with E-state index in [1.54, 1.807) is 12.4 Å². The normalized spacial score (nSPS) is 14.8. The van der Waals surface area contributed by atoms with Crippen LogP contribution in [-0.4, -0.2) is 16.8 Å². The van der Waals surface area contributed by atoms with Crippen LogP contribution in [0.15, 0.2) is 48.8 Å². The van der Waals surface area contributed by atoms with E-state index in [1.807, 2.05) is 43.3 Å². The van der Waals surface area contributed by atoms with Gasteiger partial charge in [-0.3, -0.25) is 14.6 Å². The Morgan fingerprint density at radius 1 is 1.13 bits per heavy atom. The molecule has 118 valence electrons. The number of pyridine rings is 1. The van der Waals surface area contributed by atoms with Crippen LogP contribution in [-0.2, 0) is 16.1 Å². The molecule has 23 heavy (non-hydrogen) atoms. The van der Waals surface area contributed by atoms with E-state index < -0.39 is 5.41 Å². The van der Waals surface area contributed by atoms with Crippen molar-refractivity contribution in [3.8, 4) is 0 Å². The molecule has 0 unspecified atom stereocenters. The maximum atomic E-state index is 12.5. The quantitative estimate of drug-likeness (QED) is 0.833. The van der Waals surface area contributed by atoms with Gasteiger partial charge in [-0.25, -0.2) is 0 Å². The standard InChI is InChI=1S/C18H19N3O2/c1-13-4-6-15(7-5-13)21-17(23)18(8-9-18)16(22)20-12-14-3-2-10-19-11-14/h2-7,10-11H,8-9,12H2,1H3,(H,20,22)(H,21,23). The van der Waals surface area contributed by atoms with Crippen molar-refractivity contribution >= 4 is 17.5 Å². The van der Waals surface area contributed by atoms with E-state index >= 15 is 0 Å². The van der Waals surface area contributed by atoms with Crippen LogP contribution >= 0.6 is 0 Å². The van der Waals surface area contributed by atoms with E-state index in [4.69, 9.17) is 0 Å². The fourth-order valence-electron chi connectivity index (χ4n) is 2.42. The van der Waals surface area contributed by atoms with Gasteiger partial charge in [-0.15, -0.1) is 0 Å². The van der Waals surface area contributed by atoms with Crippen molar-refractivity contribution in [3.63, 3.8) is 0 Å². The Kier molecular flexibility index (Phi) is 4.10. The Labute approximate surface area is 135 Å². The number of rotatable bonds is 5. The van der Waals surface area contributed by atoms with E-state index in [9.17, 15) is 9.59 Å². The maximum Gasteiger partial charge on any atom is 0.240 e. The fourth-order valence-corrected chi connectivity index (χ4v) is 2.42. The predicted molar refractivity (Wildman–Crippen MR) is 87.6 cm³/mol. The van der Waals surface area contributed by atoms with Crippen LogP contribution in [0.3, 0.4) is 0 Å². The van der Waals surface area contributed by atoms with Gasteiger partial charge in [0.2, 0.25) is 11.8 Å². The molecule has 3 rings (SSSR count). The van der Waals surface area contributed by atoms with E-state index in [-0.39, 0.29) is 11.8 Å². The molecule has 1 aromatic heterocycles. The van der Waals surface area contributed by atoms with Gasteiger partial charge in [0, 0.05) is 24.6 Å². The minimum atomic E-state index is -0.924. The zero-order chi connectivity index (χ0) is 16.3. The Balaban J connectivity index is 1.60. The number of hydrogen-bond acceptors (Lipinski definition) is 3. The SMILES string of the molecule is Cc1ccc(NC(=O)C2(C(=O)NCc3cccnc3)CC2)cc1. The van der Waals surface area contributed by atoms with E-state index in [0.717, 1.165) is 11.1 Å². The number of carbonyl (C=O) groups is 2. The lowest BCUT2D eigenvalue weighted by molar-refractivity contribution is -0.134. The van der Waals surface area contributed by atoms with Crippen molar-refractivity contribution < 1.29 is 9.59 Å². The summed E-state index contributed by atoms with van der Waals surface area (Å²) in [6.45, 7) is 2.37. The van der Waals surface area contributed by atoms with Gasteiger partial charge in [0.25, 0.3) is 0 Å². The van der Waals surface area contributed by atoms with Crippen LogP contribution in [0, 0.1) is 12.3 Å². The van der Waals surface area contributed by atoms with E-state index in [1.165, 1.54) is 0 Å². The number of benzene rings is 1. The summed E-state index contributed by atoms with van der Waals surface area (Å²) in [4.78, 5) is 28.9. The first-order valence-corrected chi connectivity index (χ1v) is 7.65.